The number of rotatable bonds is 11. The summed E-state index contributed by atoms with van der Waals surface area (Å²) in [5, 5.41) is 0. The van der Waals surface area contributed by atoms with Gasteiger partial charge in [-0.15, -0.1) is 0 Å². The van der Waals surface area contributed by atoms with Crippen LogP contribution in [0.3, 0.4) is 0 Å². The number of halogens is 17. The lowest BCUT2D eigenvalue weighted by Gasteiger charge is -2.44. The fourth-order valence-electron chi connectivity index (χ4n) is 1.98. The fourth-order valence-corrected chi connectivity index (χ4v) is 3.76. The van der Waals surface area contributed by atoms with E-state index in [2.05, 4.69) is 8.85 Å². The van der Waals surface area contributed by atoms with Crippen LogP contribution in [-0.4, -0.2) is 74.1 Å². The Morgan fingerprint density at radius 3 is 0.970 bits per heavy atom. The molecule has 0 saturated heterocycles. The molecule has 21 heteroatoms. The molecular weight excluding hydrogens is 543 g/mol. The first-order valence-electron chi connectivity index (χ1n) is 7.84. The van der Waals surface area contributed by atoms with Crippen molar-refractivity contribution in [2.24, 2.45) is 0 Å². The number of hydrogen-bond donors (Lipinski definition) is 1. The molecule has 0 radical (unpaired) electrons. The minimum absolute atomic E-state index is 0.617. The summed E-state index contributed by atoms with van der Waals surface area (Å²) in [5.74, 6) is -50.9. The molecule has 0 heterocycles. The molecule has 0 unspecified atom stereocenters. The van der Waals surface area contributed by atoms with E-state index in [0.717, 1.165) is 0 Å². The molecule has 3 nitrogen and oxygen atoms in total. The zero-order chi connectivity index (χ0) is 27.3. The Labute approximate surface area is 172 Å². The summed E-state index contributed by atoms with van der Waals surface area (Å²) in [5.41, 5.74) is -7.10. The third kappa shape index (κ3) is 4.15. The molecule has 1 N–H and O–H groups in total. The number of alkyl halides is 17. The van der Waals surface area contributed by atoms with E-state index < -0.39 is 69.3 Å². The van der Waals surface area contributed by atoms with Crippen molar-refractivity contribution in [1.29, 1.82) is 0 Å². The van der Waals surface area contributed by atoms with Crippen LogP contribution >= 0.6 is 0 Å². The van der Waals surface area contributed by atoms with Gasteiger partial charge in [0.1, 0.15) is 0 Å². The molecule has 0 spiro atoms. The van der Waals surface area contributed by atoms with Gasteiger partial charge >= 0.3 is 56.1 Å². The van der Waals surface area contributed by atoms with Crippen LogP contribution < -0.4 is 0 Å². The van der Waals surface area contributed by atoms with Crippen molar-refractivity contribution in [2.45, 2.75) is 61.1 Å². The topological polar surface area (TPSA) is 38.7 Å². The Hall–Kier alpha value is -1.09. The van der Waals surface area contributed by atoms with Crippen LogP contribution in [0.2, 0.25) is 0 Å². The molecule has 0 aliphatic carbocycles. The summed E-state index contributed by atoms with van der Waals surface area (Å²) in [6.45, 7) is -1.34. The molecule has 0 bridgehead atoms. The van der Waals surface area contributed by atoms with Gasteiger partial charge in [-0.05, 0) is 13.8 Å². The van der Waals surface area contributed by atoms with Crippen molar-refractivity contribution >= 4 is 8.80 Å². The largest absolute Gasteiger partial charge is 0.579 e. The molecule has 0 saturated carbocycles. The molecule has 0 aliphatic heterocycles. The van der Waals surface area contributed by atoms with E-state index >= 15 is 0 Å². The first kappa shape index (κ1) is 31.9. The molecule has 33 heavy (non-hydrogen) atoms. The summed E-state index contributed by atoms with van der Waals surface area (Å²) in [6.07, 6.45) is -7.82. The zero-order valence-electron chi connectivity index (χ0n) is 15.6. The maximum Gasteiger partial charge on any atom is 0.579 e. The third-order valence-electron chi connectivity index (χ3n) is 3.80. The highest BCUT2D eigenvalue weighted by Gasteiger charge is 2.97. The van der Waals surface area contributed by atoms with E-state index in [-0.39, 0.29) is 0 Å². The van der Waals surface area contributed by atoms with Gasteiger partial charge in [0.15, 0.2) is 0 Å². The minimum atomic E-state index is -8.74. The van der Waals surface area contributed by atoms with Gasteiger partial charge in [0.05, 0.1) is 0 Å². The predicted molar refractivity (Wildman–Crippen MR) is 71.9 cm³/mol. The van der Waals surface area contributed by atoms with E-state index in [1.807, 2.05) is 0 Å². The smallest absolute Gasteiger partial charge is 0.386 e. The van der Waals surface area contributed by atoms with E-state index in [1.54, 1.807) is 0 Å². The predicted octanol–water partition coefficient (Wildman–Crippen LogP) is 5.54. The molecular formula is C12H11F17O3Si. The monoisotopic (exact) mass is 554 g/mol. The normalized spacial score (nSPS) is 16.4. The van der Waals surface area contributed by atoms with E-state index in [0.29, 0.717) is 13.8 Å². The summed E-state index contributed by atoms with van der Waals surface area (Å²) in [7, 11) is -7.13. The van der Waals surface area contributed by atoms with Gasteiger partial charge in [0, 0.05) is 13.2 Å². The van der Waals surface area contributed by atoms with Crippen molar-refractivity contribution in [1.82, 2.24) is 0 Å². The van der Waals surface area contributed by atoms with Gasteiger partial charge in [-0.25, -0.2) is 0 Å². The van der Waals surface area contributed by atoms with Gasteiger partial charge in [0.2, 0.25) is 0 Å². The Balaban J connectivity index is 6.94. The Morgan fingerprint density at radius 1 is 0.485 bits per heavy atom. The highest BCUT2D eigenvalue weighted by molar-refractivity contribution is 6.62. The lowest BCUT2D eigenvalue weighted by Crippen LogP contribution is -2.78. The second kappa shape index (κ2) is 8.54. The van der Waals surface area contributed by atoms with Crippen molar-refractivity contribution in [2.75, 3.05) is 13.2 Å². The summed E-state index contributed by atoms with van der Waals surface area (Å²) in [4.78, 5) is 9.38. The fraction of sp³-hybridized carbons (Fsp3) is 1.00. The molecule has 0 aromatic heterocycles. The molecule has 0 aromatic rings. The highest BCUT2D eigenvalue weighted by atomic mass is 28.4. The van der Waals surface area contributed by atoms with Crippen LogP contribution in [0.25, 0.3) is 0 Å². The van der Waals surface area contributed by atoms with Gasteiger partial charge in [-0.1, -0.05) is 0 Å². The lowest BCUT2D eigenvalue weighted by molar-refractivity contribution is -0.459. The second-order valence-electron chi connectivity index (χ2n) is 5.97. The van der Waals surface area contributed by atoms with Crippen LogP contribution in [0.5, 0.6) is 0 Å². The molecule has 0 fully saturated rings. The van der Waals surface area contributed by atoms with Crippen molar-refractivity contribution < 1.29 is 88.3 Å². The molecule has 0 atom stereocenters. The molecule has 0 aliphatic rings. The van der Waals surface area contributed by atoms with Gasteiger partial charge in [0.25, 0.3) is 0 Å². The quantitative estimate of drug-likeness (QED) is 0.270. The maximum absolute atomic E-state index is 14.0. The second-order valence-corrected chi connectivity index (χ2v) is 8.34. The Bertz CT molecular complexity index is 683. The first-order valence-corrected chi connectivity index (χ1v) is 9.60. The average Bonchev–Trinajstić information content (AvgIpc) is 2.59. The van der Waals surface area contributed by atoms with Crippen LogP contribution in [0.15, 0.2) is 0 Å². The zero-order valence-corrected chi connectivity index (χ0v) is 16.6. The van der Waals surface area contributed by atoms with Crippen LogP contribution in [0.4, 0.5) is 74.6 Å². The van der Waals surface area contributed by atoms with Crippen molar-refractivity contribution in [3.8, 4) is 0 Å². The highest BCUT2D eigenvalue weighted by Crippen LogP contribution is 2.64. The third-order valence-corrected chi connectivity index (χ3v) is 6.27. The van der Waals surface area contributed by atoms with E-state index in [1.165, 1.54) is 0 Å². The van der Waals surface area contributed by atoms with Crippen LogP contribution in [0, 0.1) is 0 Å². The van der Waals surface area contributed by atoms with E-state index in [9.17, 15) is 79.4 Å². The first-order chi connectivity index (χ1) is 14.1. The van der Waals surface area contributed by atoms with Crippen LogP contribution in [0.1, 0.15) is 13.8 Å². The maximum atomic E-state index is 14.0. The molecule has 0 rings (SSSR count). The van der Waals surface area contributed by atoms with Crippen molar-refractivity contribution in [3.05, 3.63) is 0 Å². The number of hydrogen-bond acceptors (Lipinski definition) is 3. The molecule has 0 amide bonds. The van der Waals surface area contributed by atoms with Gasteiger partial charge < -0.3 is 13.6 Å². The summed E-state index contributed by atoms with van der Waals surface area (Å²) < 4.78 is 232. The molecule has 200 valence electrons. The van der Waals surface area contributed by atoms with E-state index in [4.69, 9.17) is 0 Å². The average molecular weight is 554 g/mol. The van der Waals surface area contributed by atoms with Gasteiger partial charge in [-0.3, -0.25) is 0 Å². The summed E-state index contributed by atoms with van der Waals surface area (Å²) in [6, 6.07) is 0. The Kier molecular flexibility index (Phi) is 8.25. The summed E-state index contributed by atoms with van der Waals surface area (Å²) >= 11 is 0. The standard InChI is InChI=1S/C12H11F17O3Si/c1-3-31-33(30,32-4-2)12(28,29)10(23,24)8(19,20)6(15,16)5(13,14)7(17,18)9(21,22)11(25,26)27/h30H,3-4H2,1-2H3. The van der Waals surface area contributed by atoms with Crippen molar-refractivity contribution in [3.63, 3.8) is 0 Å². The SMILES string of the molecule is CCO[Si](O)(OCC)C(F)(F)C(F)(F)C(F)(F)C(F)(F)C(F)(F)C(F)(F)C(F)(F)C(F)(F)F. The molecule has 0 aromatic carbocycles. The van der Waals surface area contributed by atoms with Crippen LogP contribution in [-0.2, 0) is 8.85 Å². The van der Waals surface area contributed by atoms with Gasteiger partial charge in [-0.2, -0.15) is 74.6 Å². The lowest BCUT2D eigenvalue weighted by atomic mass is 9.91. The minimum Gasteiger partial charge on any atom is -0.386 e. The Morgan fingerprint density at radius 2 is 0.727 bits per heavy atom.